The van der Waals surface area contributed by atoms with Gasteiger partial charge in [0.1, 0.15) is 0 Å². The van der Waals surface area contributed by atoms with Crippen LogP contribution in [0.2, 0.25) is 0 Å². The molecule has 0 aliphatic carbocycles. The Bertz CT molecular complexity index is 1470. The lowest BCUT2D eigenvalue weighted by atomic mass is 10.1. The van der Waals surface area contributed by atoms with Gasteiger partial charge in [-0.05, 0) is 66.9 Å². The lowest BCUT2D eigenvalue weighted by Crippen LogP contribution is -2.15. The Labute approximate surface area is 179 Å². The zero-order chi connectivity index (χ0) is 20.8. The molecule has 3 aromatic carbocycles. The van der Waals surface area contributed by atoms with Crippen molar-refractivity contribution in [1.82, 2.24) is 9.13 Å². The minimum absolute atomic E-state index is 0.0426. The normalized spacial score (nSPS) is 11.2. The van der Waals surface area contributed by atoms with Gasteiger partial charge in [0.15, 0.2) is 11.2 Å². The van der Waals surface area contributed by atoms with E-state index in [9.17, 15) is 9.59 Å². The van der Waals surface area contributed by atoms with Crippen molar-refractivity contribution in [2.24, 2.45) is 0 Å². The van der Waals surface area contributed by atoms with Crippen molar-refractivity contribution in [1.29, 1.82) is 0 Å². The second-order valence-electron chi connectivity index (χ2n) is 6.53. The maximum atomic E-state index is 13.2. The molecule has 0 fully saturated rings. The molecule has 0 aliphatic heterocycles. The molecule has 0 N–H and O–H groups in total. The summed E-state index contributed by atoms with van der Waals surface area (Å²) in [5, 5.41) is 0. The molecule has 0 saturated heterocycles. The predicted octanol–water partition coefficient (Wildman–Crippen LogP) is 5.62. The van der Waals surface area contributed by atoms with Crippen LogP contribution in [-0.4, -0.2) is 20.9 Å². The third kappa shape index (κ3) is 2.85. The van der Waals surface area contributed by atoms with Crippen molar-refractivity contribution in [2.45, 2.75) is 0 Å². The van der Waals surface area contributed by atoms with Crippen LogP contribution in [0.5, 0.6) is 0 Å². The summed E-state index contributed by atoms with van der Waals surface area (Å²) >= 11 is 10.5. The summed E-state index contributed by atoms with van der Waals surface area (Å²) in [5.74, 6) is -0.777. The van der Waals surface area contributed by atoms with E-state index in [4.69, 9.17) is 33.3 Å². The molecule has 2 heterocycles. The van der Waals surface area contributed by atoms with Crippen LogP contribution in [0, 0.1) is 9.67 Å². The molecule has 5 aromatic rings. The van der Waals surface area contributed by atoms with Gasteiger partial charge in [0, 0.05) is 11.1 Å². The van der Waals surface area contributed by atoms with E-state index in [1.54, 1.807) is 66.7 Å². The van der Waals surface area contributed by atoms with Gasteiger partial charge in [-0.2, -0.15) is 0 Å². The minimum Gasteiger partial charge on any atom is -0.429 e. The molecule has 0 atom stereocenters. The third-order valence-electron chi connectivity index (χ3n) is 4.73. The highest BCUT2D eigenvalue weighted by Gasteiger charge is 2.19. The number of rotatable bonds is 2. The average Bonchev–Trinajstić information content (AvgIpc) is 3.28. The third-order valence-corrected chi connectivity index (χ3v) is 5.27. The van der Waals surface area contributed by atoms with Gasteiger partial charge < -0.3 is 8.83 Å². The van der Waals surface area contributed by atoms with Crippen LogP contribution in [0.15, 0.2) is 81.6 Å². The van der Waals surface area contributed by atoms with E-state index in [2.05, 4.69) is 0 Å². The van der Waals surface area contributed by atoms with E-state index < -0.39 is 0 Å². The fourth-order valence-corrected chi connectivity index (χ4v) is 3.90. The largest absolute Gasteiger partial charge is 0.429 e. The Morgan fingerprint density at radius 3 is 1.53 bits per heavy atom. The molecule has 0 spiro atoms. The SMILES string of the molecule is O=C(c1cccc(C(=O)n2c(=S)oc3ccccc32)c1)n1c(=S)oc2ccccc21. The number of carbonyl (C=O) groups is 2. The van der Waals surface area contributed by atoms with E-state index in [-0.39, 0.29) is 21.5 Å². The zero-order valence-corrected chi connectivity index (χ0v) is 16.9. The van der Waals surface area contributed by atoms with Gasteiger partial charge in [-0.25, -0.2) is 9.13 Å². The first kappa shape index (κ1) is 18.4. The maximum Gasteiger partial charge on any atom is 0.276 e. The number of hydrogen-bond acceptors (Lipinski definition) is 6. The number of hydrogen-bond donors (Lipinski definition) is 0. The fourth-order valence-electron chi connectivity index (χ4n) is 3.36. The molecule has 0 bridgehead atoms. The van der Waals surface area contributed by atoms with E-state index in [0.29, 0.717) is 33.3 Å². The molecule has 8 heteroatoms. The van der Waals surface area contributed by atoms with Gasteiger partial charge in [-0.3, -0.25) is 9.59 Å². The monoisotopic (exact) mass is 432 g/mol. The fraction of sp³-hybridized carbons (Fsp3) is 0. The summed E-state index contributed by atoms with van der Waals surface area (Å²) in [4.78, 5) is 26.4. The summed E-state index contributed by atoms with van der Waals surface area (Å²) in [6, 6.07) is 20.5. The quantitative estimate of drug-likeness (QED) is 0.337. The van der Waals surface area contributed by atoms with Gasteiger partial charge in [0.25, 0.3) is 21.5 Å². The van der Waals surface area contributed by atoms with Crippen molar-refractivity contribution in [2.75, 3.05) is 0 Å². The van der Waals surface area contributed by atoms with E-state index in [1.807, 2.05) is 0 Å². The molecule has 0 amide bonds. The van der Waals surface area contributed by atoms with Crippen molar-refractivity contribution < 1.29 is 18.4 Å². The van der Waals surface area contributed by atoms with Gasteiger partial charge in [0.05, 0.1) is 11.0 Å². The number of carbonyl (C=O) groups excluding carboxylic acids is 2. The number of oxazole rings is 2. The highest BCUT2D eigenvalue weighted by atomic mass is 32.1. The van der Waals surface area contributed by atoms with Gasteiger partial charge in [-0.1, -0.05) is 30.3 Å². The molecule has 0 radical (unpaired) electrons. The highest BCUT2D eigenvalue weighted by Crippen LogP contribution is 2.21. The molecular weight excluding hydrogens is 420 g/mol. The molecule has 0 unspecified atom stereocenters. The van der Waals surface area contributed by atoms with Crippen LogP contribution >= 0.6 is 24.4 Å². The summed E-state index contributed by atoms with van der Waals surface area (Å²) in [7, 11) is 0. The molecule has 5 rings (SSSR count). The Morgan fingerprint density at radius 2 is 1.07 bits per heavy atom. The van der Waals surface area contributed by atoms with Crippen molar-refractivity contribution >= 4 is 58.4 Å². The first-order chi connectivity index (χ1) is 14.5. The first-order valence-corrected chi connectivity index (χ1v) is 9.77. The van der Waals surface area contributed by atoms with E-state index in [0.717, 1.165) is 0 Å². The Balaban J connectivity index is 1.60. The Kier molecular flexibility index (Phi) is 4.30. The van der Waals surface area contributed by atoms with E-state index >= 15 is 0 Å². The number of aromatic nitrogens is 2. The molecule has 6 nitrogen and oxygen atoms in total. The molecular formula is C22H12N2O4S2. The van der Waals surface area contributed by atoms with Crippen LogP contribution in [-0.2, 0) is 0 Å². The number of nitrogens with zero attached hydrogens (tertiary/aromatic N) is 2. The molecule has 0 saturated carbocycles. The Hall–Kier alpha value is -3.62. The Morgan fingerprint density at radius 1 is 0.633 bits per heavy atom. The number of fused-ring (bicyclic) bond motifs is 2. The second kappa shape index (κ2) is 7.01. The van der Waals surface area contributed by atoms with Crippen LogP contribution in [0.25, 0.3) is 22.2 Å². The average molecular weight is 432 g/mol. The second-order valence-corrected chi connectivity index (χ2v) is 7.23. The number of benzene rings is 3. The van der Waals surface area contributed by atoms with Crippen LogP contribution < -0.4 is 0 Å². The standard InChI is InChI=1S/C22H12N2O4S2/c25-19(23-15-8-1-3-10-17(15)27-21(23)29)13-6-5-7-14(12-13)20(26)24-16-9-2-4-11-18(16)28-22(24)30/h1-12H. The van der Waals surface area contributed by atoms with Crippen molar-refractivity contribution in [3.05, 3.63) is 93.6 Å². The summed E-state index contributed by atoms with van der Waals surface area (Å²) < 4.78 is 13.6. The van der Waals surface area contributed by atoms with Gasteiger partial charge in [-0.15, -0.1) is 0 Å². The summed E-state index contributed by atoms with van der Waals surface area (Å²) in [6.45, 7) is 0. The molecule has 30 heavy (non-hydrogen) atoms. The van der Waals surface area contributed by atoms with Crippen LogP contribution in [0.1, 0.15) is 20.7 Å². The first-order valence-electron chi connectivity index (χ1n) is 8.95. The summed E-state index contributed by atoms with van der Waals surface area (Å²) in [5.41, 5.74) is 2.74. The van der Waals surface area contributed by atoms with Gasteiger partial charge in [0.2, 0.25) is 0 Å². The van der Waals surface area contributed by atoms with Crippen molar-refractivity contribution in [3.63, 3.8) is 0 Å². The molecule has 146 valence electrons. The highest BCUT2D eigenvalue weighted by molar-refractivity contribution is 7.71. The molecule has 2 aromatic heterocycles. The maximum absolute atomic E-state index is 13.2. The lowest BCUT2D eigenvalue weighted by molar-refractivity contribution is 0.0958. The topological polar surface area (TPSA) is 70.3 Å². The smallest absolute Gasteiger partial charge is 0.276 e. The molecule has 0 aliphatic rings. The lowest BCUT2D eigenvalue weighted by Gasteiger charge is -2.06. The minimum atomic E-state index is -0.389. The zero-order valence-electron chi connectivity index (χ0n) is 15.3. The van der Waals surface area contributed by atoms with Gasteiger partial charge >= 0.3 is 0 Å². The van der Waals surface area contributed by atoms with Crippen LogP contribution in [0.4, 0.5) is 0 Å². The van der Waals surface area contributed by atoms with Crippen LogP contribution in [0.3, 0.4) is 0 Å². The summed E-state index contributed by atoms with van der Waals surface area (Å²) in [6.07, 6.45) is 0. The predicted molar refractivity (Wildman–Crippen MR) is 116 cm³/mol. The number of para-hydroxylation sites is 4. The van der Waals surface area contributed by atoms with Crippen molar-refractivity contribution in [3.8, 4) is 0 Å². The van der Waals surface area contributed by atoms with E-state index in [1.165, 1.54) is 15.2 Å².